The highest BCUT2D eigenvalue weighted by molar-refractivity contribution is 5.92. The Labute approximate surface area is 275 Å². The molecule has 3 aromatic rings. The second-order valence-corrected chi connectivity index (χ2v) is 12.4. The van der Waals surface area contributed by atoms with Gasteiger partial charge in [-0.25, -0.2) is 9.78 Å². The van der Waals surface area contributed by atoms with Crippen LogP contribution in [0.15, 0.2) is 55.0 Å². The number of carbonyl (C=O) groups is 4. The molecule has 0 radical (unpaired) electrons. The molecule has 0 spiro atoms. The highest BCUT2D eigenvalue weighted by Crippen LogP contribution is 2.24. The van der Waals surface area contributed by atoms with E-state index < -0.39 is 48.0 Å². The highest BCUT2D eigenvalue weighted by Gasteiger charge is 2.36. The molecule has 1 aromatic heterocycles. The SMILES string of the molecule is CC[C@H](C)[C@H](NC(=O)[C@H](Cc1cnc[nH]1)NC(=O)[C@@H](CC(=O)N1CCOCC1)Cc1cccc2ccccc12)[C@H](O)C(=O)OC(C)C. The number of hydrogen-bond acceptors (Lipinski definition) is 8. The summed E-state index contributed by atoms with van der Waals surface area (Å²) >= 11 is 0. The van der Waals surface area contributed by atoms with Crippen LogP contribution in [0.1, 0.15) is 51.8 Å². The predicted octanol–water partition coefficient (Wildman–Crippen LogP) is 2.54. The van der Waals surface area contributed by atoms with Crippen LogP contribution in [-0.4, -0.2) is 94.3 Å². The average Bonchev–Trinajstić information content (AvgIpc) is 3.59. The number of benzene rings is 2. The Bertz CT molecular complexity index is 1480. The number of amides is 3. The van der Waals surface area contributed by atoms with Gasteiger partial charge in [0.1, 0.15) is 6.04 Å². The van der Waals surface area contributed by atoms with Crippen LogP contribution in [0, 0.1) is 11.8 Å². The number of nitrogens with zero attached hydrogens (tertiary/aromatic N) is 2. The Kier molecular flexibility index (Phi) is 12.9. The van der Waals surface area contributed by atoms with Gasteiger partial charge in [-0.2, -0.15) is 0 Å². The van der Waals surface area contributed by atoms with E-state index in [2.05, 4.69) is 20.6 Å². The molecule has 1 fully saturated rings. The predicted molar refractivity (Wildman–Crippen MR) is 176 cm³/mol. The molecule has 3 amide bonds. The van der Waals surface area contributed by atoms with E-state index in [1.165, 1.54) is 6.33 Å². The summed E-state index contributed by atoms with van der Waals surface area (Å²) < 4.78 is 10.6. The zero-order valence-corrected chi connectivity index (χ0v) is 27.6. The summed E-state index contributed by atoms with van der Waals surface area (Å²) in [5, 5.41) is 18.6. The van der Waals surface area contributed by atoms with E-state index in [9.17, 15) is 24.3 Å². The minimum Gasteiger partial charge on any atom is -0.461 e. The molecule has 4 N–H and O–H groups in total. The summed E-state index contributed by atoms with van der Waals surface area (Å²) in [5.41, 5.74) is 1.51. The smallest absolute Gasteiger partial charge is 0.337 e. The second kappa shape index (κ2) is 17.0. The molecule has 0 saturated carbocycles. The van der Waals surface area contributed by atoms with Gasteiger partial charge in [-0.05, 0) is 42.5 Å². The number of carbonyl (C=O) groups excluding carboxylic acids is 4. The van der Waals surface area contributed by atoms with Crippen molar-refractivity contribution in [2.75, 3.05) is 26.3 Å². The molecule has 12 nitrogen and oxygen atoms in total. The van der Waals surface area contributed by atoms with Crippen molar-refractivity contribution in [2.24, 2.45) is 11.8 Å². The molecular weight excluding hydrogens is 602 g/mol. The summed E-state index contributed by atoms with van der Waals surface area (Å²) in [6, 6.07) is 11.7. The number of aromatic amines is 1. The lowest BCUT2D eigenvalue weighted by Crippen LogP contribution is -2.57. The lowest BCUT2D eigenvalue weighted by atomic mass is 9.91. The fraction of sp³-hybridized carbons (Fsp3) is 0.514. The lowest BCUT2D eigenvalue weighted by Gasteiger charge is -2.31. The maximum absolute atomic E-state index is 14.1. The Morgan fingerprint density at radius 1 is 1.00 bits per heavy atom. The van der Waals surface area contributed by atoms with Gasteiger partial charge < -0.3 is 35.1 Å². The third kappa shape index (κ3) is 9.85. The van der Waals surface area contributed by atoms with Gasteiger partial charge in [0, 0.05) is 37.8 Å². The van der Waals surface area contributed by atoms with Crippen molar-refractivity contribution in [1.82, 2.24) is 25.5 Å². The zero-order chi connectivity index (χ0) is 33.9. The largest absolute Gasteiger partial charge is 0.461 e. The molecule has 2 heterocycles. The molecule has 47 heavy (non-hydrogen) atoms. The number of rotatable bonds is 15. The van der Waals surface area contributed by atoms with Gasteiger partial charge in [0.2, 0.25) is 17.7 Å². The molecule has 1 aliphatic rings. The molecule has 254 valence electrons. The Balaban J connectivity index is 1.60. The van der Waals surface area contributed by atoms with Crippen LogP contribution >= 0.6 is 0 Å². The van der Waals surface area contributed by atoms with Crippen LogP contribution in [-0.2, 0) is 41.5 Å². The Morgan fingerprint density at radius 2 is 1.72 bits per heavy atom. The summed E-state index contributed by atoms with van der Waals surface area (Å²) in [5.74, 6) is -3.12. The van der Waals surface area contributed by atoms with Crippen molar-refractivity contribution in [3.05, 3.63) is 66.2 Å². The van der Waals surface area contributed by atoms with Crippen molar-refractivity contribution in [2.45, 2.75) is 77.7 Å². The van der Waals surface area contributed by atoms with Gasteiger partial charge in [-0.15, -0.1) is 0 Å². The molecule has 4 rings (SSSR count). The average molecular weight is 650 g/mol. The second-order valence-electron chi connectivity index (χ2n) is 12.4. The Hall–Kier alpha value is -4.29. The quantitative estimate of drug-likeness (QED) is 0.183. The summed E-state index contributed by atoms with van der Waals surface area (Å²) in [6.45, 7) is 8.83. The molecule has 0 unspecified atom stereocenters. The van der Waals surface area contributed by atoms with Crippen LogP contribution in [0.3, 0.4) is 0 Å². The van der Waals surface area contributed by atoms with Crippen molar-refractivity contribution in [3.8, 4) is 0 Å². The molecule has 0 bridgehead atoms. The first-order valence-electron chi connectivity index (χ1n) is 16.4. The first kappa shape index (κ1) is 35.6. The van der Waals surface area contributed by atoms with E-state index in [1.807, 2.05) is 56.3 Å². The molecule has 12 heteroatoms. The monoisotopic (exact) mass is 649 g/mol. The van der Waals surface area contributed by atoms with Gasteiger partial charge in [-0.1, -0.05) is 62.7 Å². The van der Waals surface area contributed by atoms with E-state index >= 15 is 0 Å². The number of esters is 1. The molecule has 1 aliphatic heterocycles. The van der Waals surface area contributed by atoms with Gasteiger partial charge in [0.05, 0.1) is 37.6 Å². The summed E-state index contributed by atoms with van der Waals surface area (Å²) in [7, 11) is 0. The van der Waals surface area contributed by atoms with Crippen LogP contribution in [0.4, 0.5) is 0 Å². The van der Waals surface area contributed by atoms with Crippen molar-refractivity contribution in [1.29, 1.82) is 0 Å². The minimum absolute atomic E-state index is 0.0529. The maximum Gasteiger partial charge on any atom is 0.337 e. The van der Waals surface area contributed by atoms with E-state index in [1.54, 1.807) is 24.9 Å². The van der Waals surface area contributed by atoms with Crippen LogP contribution in [0.5, 0.6) is 0 Å². The third-order valence-corrected chi connectivity index (χ3v) is 8.61. The zero-order valence-electron chi connectivity index (χ0n) is 27.6. The highest BCUT2D eigenvalue weighted by atomic mass is 16.6. The van der Waals surface area contributed by atoms with E-state index in [0.29, 0.717) is 38.4 Å². The van der Waals surface area contributed by atoms with Crippen LogP contribution in [0.2, 0.25) is 0 Å². The lowest BCUT2D eigenvalue weighted by molar-refractivity contribution is -0.160. The van der Waals surface area contributed by atoms with Gasteiger partial charge in [0.15, 0.2) is 6.10 Å². The number of aromatic nitrogens is 2. The first-order chi connectivity index (χ1) is 22.6. The van der Waals surface area contributed by atoms with Crippen molar-refractivity contribution >= 4 is 34.5 Å². The van der Waals surface area contributed by atoms with Crippen molar-refractivity contribution < 1.29 is 33.8 Å². The molecule has 1 saturated heterocycles. The maximum atomic E-state index is 14.1. The summed E-state index contributed by atoms with van der Waals surface area (Å²) in [4.78, 5) is 62.8. The van der Waals surface area contributed by atoms with Gasteiger partial charge in [-0.3, -0.25) is 14.4 Å². The van der Waals surface area contributed by atoms with Gasteiger partial charge >= 0.3 is 5.97 Å². The van der Waals surface area contributed by atoms with Gasteiger partial charge in [0.25, 0.3) is 0 Å². The number of hydrogen-bond donors (Lipinski definition) is 4. The van der Waals surface area contributed by atoms with Crippen LogP contribution < -0.4 is 10.6 Å². The molecule has 5 atom stereocenters. The number of fused-ring (bicyclic) bond motifs is 1. The first-order valence-corrected chi connectivity index (χ1v) is 16.4. The molecule has 0 aliphatic carbocycles. The molecule has 2 aromatic carbocycles. The fourth-order valence-electron chi connectivity index (χ4n) is 5.76. The third-order valence-electron chi connectivity index (χ3n) is 8.61. The number of aliphatic hydroxyl groups excluding tert-OH is 1. The standard InChI is InChI=1S/C35H47N5O7/c1-5-23(4)31(32(42)35(45)47-22(2)3)39-34(44)29(19-27-20-36-21-37-27)38-33(43)26(18-30(41)40-13-15-46-16-14-40)17-25-11-8-10-24-9-6-7-12-28(24)25/h6-12,20-23,26,29,31-32,42H,5,13-19H2,1-4H3,(H,36,37)(H,38,43)(H,39,44)/t23-,26+,29-,31-,32-/m0/s1. The molecular formula is C35H47N5O7. The van der Waals surface area contributed by atoms with E-state index in [4.69, 9.17) is 9.47 Å². The fourth-order valence-corrected chi connectivity index (χ4v) is 5.76. The number of nitrogens with one attached hydrogen (secondary N) is 3. The normalized spacial score (nSPS) is 16.6. The number of imidazole rings is 1. The minimum atomic E-state index is -1.61. The van der Waals surface area contributed by atoms with Crippen molar-refractivity contribution in [3.63, 3.8) is 0 Å². The number of morpholine rings is 1. The van der Waals surface area contributed by atoms with Crippen LogP contribution in [0.25, 0.3) is 10.8 Å². The van der Waals surface area contributed by atoms with E-state index in [-0.39, 0.29) is 31.1 Å². The topological polar surface area (TPSA) is 163 Å². The number of H-pyrrole nitrogens is 1. The Morgan fingerprint density at radius 3 is 2.40 bits per heavy atom. The number of aliphatic hydroxyl groups is 1. The summed E-state index contributed by atoms with van der Waals surface area (Å²) in [6.07, 6.45) is 1.83. The number of ether oxygens (including phenoxy) is 2. The van der Waals surface area contributed by atoms with E-state index in [0.717, 1.165) is 16.3 Å².